The zero-order valence-electron chi connectivity index (χ0n) is 9.59. The fraction of sp³-hybridized carbons (Fsp3) is 0.308. The Kier molecular flexibility index (Phi) is 2.77. The molecule has 0 radical (unpaired) electrons. The Balaban J connectivity index is 1.78. The number of ether oxygens (including phenoxy) is 2. The molecule has 1 N–H and O–H groups in total. The van der Waals surface area contributed by atoms with Gasteiger partial charge in [-0.1, -0.05) is 6.07 Å². The monoisotopic (exact) mass is 248 g/mol. The first kappa shape index (κ1) is 11.3. The second-order valence-electron chi connectivity index (χ2n) is 4.26. The molecule has 2 aromatic rings. The Bertz CT molecular complexity index is 582. The molecule has 1 aliphatic heterocycles. The number of carbonyl (C=O) groups is 1. The Hall–Kier alpha value is -1.85. The minimum absolute atomic E-state index is 0.0459. The van der Waals surface area contributed by atoms with Crippen LogP contribution in [0.1, 0.15) is 16.1 Å². The van der Waals surface area contributed by atoms with Crippen LogP contribution in [-0.4, -0.2) is 30.4 Å². The molecule has 1 aromatic carbocycles. The number of fused-ring (bicyclic) bond motifs is 1. The minimum atomic E-state index is -1.06. The highest BCUT2D eigenvalue weighted by Gasteiger charge is 2.18. The van der Waals surface area contributed by atoms with E-state index in [0.29, 0.717) is 25.4 Å². The summed E-state index contributed by atoms with van der Waals surface area (Å²) in [6.45, 7) is 1.80. The van der Waals surface area contributed by atoms with Gasteiger partial charge in [0.25, 0.3) is 0 Å². The summed E-state index contributed by atoms with van der Waals surface area (Å²) in [5.41, 5.74) is 1.57. The first-order chi connectivity index (χ1) is 8.72. The highest BCUT2D eigenvalue weighted by molar-refractivity contribution is 5.91. The maximum atomic E-state index is 10.8. The Labute approximate surface area is 103 Å². The molecule has 5 heteroatoms. The highest BCUT2D eigenvalue weighted by Crippen LogP contribution is 2.21. The van der Waals surface area contributed by atoms with Crippen LogP contribution in [0, 0.1) is 0 Å². The van der Waals surface area contributed by atoms with Gasteiger partial charge < -0.3 is 19.0 Å². The molecular formula is C13H12O5. The van der Waals surface area contributed by atoms with Gasteiger partial charge >= 0.3 is 5.97 Å². The Morgan fingerprint density at radius 1 is 1.39 bits per heavy atom. The highest BCUT2D eigenvalue weighted by atomic mass is 16.6. The Morgan fingerprint density at radius 2 is 2.22 bits per heavy atom. The molecule has 0 amide bonds. The lowest BCUT2D eigenvalue weighted by molar-refractivity contribution is -0.135. The van der Waals surface area contributed by atoms with Gasteiger partial charge in [0.15, 0.2) is 0 Å². The van der Waals surface area contributed by atoms with E-state index in [1.807, 2.05) is 12.1 Å². The number of rotatable bonds is 4. The van der Waals surface area contributed by atoms with Crippen LogP contribution in [0.2, 0.25) is 0 Å². The van der Waals surface area contributed by atoms with Gasteiger partial charge in [-0.3, -0.25) is 0 Å². The second-order valence-corrected chi connectivity index (χ2v) is 4.26. The molecule has 1 aliphatic rings. The van der Waals surface area contributed by atoms with Crippen LogP contribution in [0.3, 0.4) is 0 Å². The number of carboxylic acid groups (broad SMARTS) is 1. The molecular weight excluding hydrogens is 236 g/mol. The summed E-state index contributed by atoms with van der Waals surface area (Å²) in [6.07, 6.45) is 0.180. The summed E-state index contributed by atoms with van der Waals surface area (Å²) in [5, 5.41) is 9.61. The summed E-state index contributed by atoms with van der Waals surface area (Å²) in [6, 6.07) is 7.03. The van der Waals surface area contributed by atoms with Crippen LogP contribution in [0.4, 0.5) is 0 Å². The van der Waals surface area contributed by atoms with Crippen molar-refractivity contribution in [2.75, 3.05) is 13.2 Å². The van der Waals surface area contributed by atoms with E-state index in [2.05, 4.69) is 0 Å². The van der Waals surface area contributed by atoms with Crippen LogP contribution in [0.25, 0.3) is 11.0 Å². The van der Waals surface area contributed by atoms with E-state index in [9.17, 15) is 4.79 Å². The third kappa shape index (κ3) is 2.10. The molecule has 2 heterocycles. The molecule has 0 atom stereocenters. The Morgan fingerprint density at radius 3 is 2.89 bits per heavy atom. The predicted molar refractivity (Wildman–Crippen MR) is 62.6 cm³/mol. The number of furan rings is 1. The lowest BCUT2D eigenvalue weighted by Gasteiger charge is -2.25. The standard InChI is InChI=1S/C13H12O5/c14-13(15)12-4-9-3-8(1-2-11(9)18-12)5-17-10-6-16-7-10/h1-4,10H,5-7H2,(H,14,15). The van der Waals surface area contributed by atoms with Crippen molar-refractivity contribution in [2.45, 2.75) is 12.7 Å². The van der Waals surface area contributed by atoms with Gasteiger partial charge in [-0.2, -0.15) is 0 Å². The average Bonchev–Trinajstić information content (AvgIpc) is 2.70. The molecule has 1 saturated heterocycles. The first-order valence-corrected chi connectivity index (χ1v) is 5.67. The van der Waals surface area contributed by atoms with Crippen molar-refractivity contribution < 1.29 is 23.8 Å². The fourth-order valence-electron chi connectivity index (χ4n) is 1.81. The van der Waals surface area contributed by atoms with Gasteiger partial charge in [0.1, 0.15) is 11.7 Å². The third-order valence-electron chi connectivity index (χ3n) is 2.88. The van der Waals surface area contributed by atoms with Gasteiger partial charge in [0.2, 0.25) is 5.76 Å². The average molecular weight is 248 g/mol. The summed E-state index contributed by atoms with van der Waals surface area (Å²) < 4.78 is 15.8. The van der Waals surface area contributed by atoms with Crippen molar-refractivity contribution in [3.05, 3.63) is 35.6 Å². The molecule has 0 saturated carbocycles. The van der Waals surface area contributed by atoms with E-state index in [0.717, 1.165) is 10.9 Å². The largest absolute Gasteiger partial charge is 0.475 e. The molecule has 5 nitrogen and oxygen atoms in total. The fourth-order valence-corrected chi connectivity index (χ4v) is 1.81. The molecule has 3 rings (SSSR count). The van der Waals surface area contributed by atoms with Crippen molar-refractivity contribution in [1.82, 2.24) is 0 Å². The molecule has 0 spiro atoms. The van der Waals surface area contributed by atoms with Gasteiger partial charge in [0.05, 0.1) is 19.8 Å². The van der Waals surface area contributed by atoms with E-state index in [4.69, 9.17) is 19.0 Å². The molecule has 1 aromatic heterocycles. The summed E-state index contributed by atoms with van der Waals surface area (Å²) in [7, 11) is 0. The predicted octanol–water partition coefficient (Wildman–Crippen LogP) is 2.05. The number of benzene rings is 1. The summed E-state index contributed by atoms with van der Waals surface area (Å²) >= 11 is 0. The van der Waals surface area contributed by atoms with Crippen LogP contribution in [0.5, 0.6) is 0 Å². The maximum absolute atomic E-state index is 10.8. The lowest BCUT2D eigenvalue weighted by atomic mass is 10.1. The zero-order chi connectivity index (χ0) is 12.5. The van der Waals surface area contributed by atoms with E-state index in [1.54, 1.807) is 6.07 Å². The van der Waals surface area contributed by atoms with Crippen LogP contribution >= 0.6 is 0 Å². The third-order valence-corrected chi connectivity index (χ3v) is 2.88. The molecule has 94 valence electrons. The number of hydrogen-bond donors (Lipinski definition) is 1. The lowest BCUT2D eigenvalue weighted by Crippen LogP contribution is -2.35. The smallest absolute Gasteiger partial charge is 0.371 e. The quantitative estimate of drug-likeness (QED) is 0.896. The van der Waals surface area contributed by atoms with Crippen LogP contribution < -0.4 is 0 Å². The van der Waals surface area contributed by atoms with Gasteiger partial charge in [0, 0.05) is 5.39 Å². The van der Waals surface area contributed by atoms with Gasteiger partial charge in [-0.25, -0.2) is 4.79 Å². The van der Waals surface area contributed by atoms with Crippen molar-refractivity contribution in [2.24, 2.45) is 0 Å². The minimum Gasteiger partial charge on any atom is -0.475 e. The topological polar surface area (TPSA) is 68.9 Å². The molecule has 1 fully saturated rings. The summed E-state index contributed by atoms with van der Waals surface area (Å²) in [5.74, 6) is -1.11. The van der Waals surface area contributed by atoms with Crippen molar-refractivity contribution in [3.8, 4) is 0 Å². The van der Waals surface area contributed by atoms with Crippen LogP contribution in [-0.2, 0) is 16.1 Å². The van der Waals surface area contributed by atoms with Crippen LogP contribution in [0.15, 0.2) is 28.7 Å². The molecule has 18 heavy (non-hydrogen) atoms. The number of carboxylic acids is 1. The SMILES string of the molecule is O=C(O)c1cc2cc(COC3COC3)ccc2o1. The number of hydrogen-bond acceptors (Lipinski definition) is 4. The zero-order valence-corrected chi connectivity index (χ0v) is 9.59. The van der Waals surface area contributed by atoms with E-state index >= 15 is 0 Å². The normalized spacial score (nSPS) is 15.8. The molecule has 0 aliphatic carbocycles. The van der Waals surface area contributed by atoms with E-state index in [-0.39, 0.29) is 11.9 Å². The van der Waals surface area contributed by atoms with Crippen molar-refractivity contribution in [3.63, 3.8) is 0 Å². The first-order valence-electron chi connectivity index (χ1n) is 5.67. The maximum Gasteiger partial charge on any atom is 0.371 e. The van der Waals surface area contributed by atoms with Crippen molar-refractivity contribution in [1.29, 1.82) is 0 Å². The molecule has 0 unspecified atom stereocenters. The second kappa shape index (κ2) is 4.44. The molecule has 0 bridgehead atoms. The summed E-state index contributed by atoms with van der Waals surface area (Å²) in [4.78, 5) is 10.8. The van der Waals surface area contributed by atoms with Gasteiger partial charge in [-0.05, 0) is 23.8 Å². The van der Waals surface area contributed by atoms with E-state index in [1.165, 1.54) is 6.07 Å². The number of aromatic carboxylic acids is 1. The van der Waals surface area contributed by atoms with E-state index < -0.39 is 5.97 Å². The van der Waals surface area contributed by atoms with Crippen molar-refractivity contribution >= 4 is 16.9 Å². The van der Waals surface area contributed by atoms with Gasteiger partial charge in [-0.15, -0.1) is 0 Å².